The molecule has 0 saturated heterocycles. The molecule has 0 radical (unpaired) electrons. The second-order valence-electron chi connectivity index (χ2n) is 9.64. The van der Waals surface area contributed by atoms with Gasteiger partial charge in [0, 0.05) is 37.0 Å². The molecule has 0 unspecified atom stereocenters. The molecule has 0 spiro atoms. The summed E-state index contributed by atoms with van der Waals surface area (Å²) in [5.41, 5.74) is 5.52. The number of rotatable bonds is 11. The Morgan fingerprint density at radius 1 is 0.919 bits per heavy atom. The Morgan fingerprint density at radius 3 is 2.11 bits per heavy atom. The second kappa shape index (κ2) is 13.1. The lowest BCUT2D eigenvalue weighted by atomic mass is 9.90. The highest BCUT2D eigenvalue weighted by Crippen LogP contribution is 2.35. The predicted octanol–water partition coefficient (Wildman–Crippen LogP) is 5.02. The summed E-state index contributed by atoms with van der Waals surface area (Å²) < 4.78 is 10.8. The zero-order valence-electron chi connectivity index (χ0n) is 22.0. The molecule has 0 bridgehead atoms. The Morgan fingerprint density at radius 2 is 1.51 bits per heavy atom. The molecular formula is C29H37N3O5. The van der Waals surface area contributed by atoms with E-state index in [1.807, 2.05) is 51.2 Å². The first-order valence-corrected chi connectivity index (χ1v) is 12.5. The van der Waals surface area contributed by atoms with Crippen LogP contribution in [0.1, 0.15) is 39.0 Å². The maximum Gasteiger partial charge on any atom is 0.407 e. The van der Waals surface area contributed by atoms with Crippen molar-refractivity contribution < 1.29 is 24.5 Å². The van der Waals surface area contributed by atoms with Crippen LogP contribution in [-0.2, 0) is 22.4 Å². The molecule has 198 valence electrons. The van der Waals surface area contributed by atoms with E-state index in [4.69, 9.17) is 14.5 Å². The van der Waals surface area contributed by atoms with Crippen LogP contribution < -0.4 is 10.6 Å². The zero-order valence-corrected chi connectivity index (χ0v) is 22.0. The van der Waals surface area contributed by atoms with Crippen LogP contribution in [0.15, 0.2) is 54.7 Å². The minimum atomic E-state index is -0.526. The number of aromatic nitrogens is 1. The zero-order chi connectivity index (χ0) is 26.8. The predicted molar refractivity (Wildman–Crippen MR) is 145 cm³/mol. The third kappa shape index (κ3) is 8.48. The summed E-state index contributed by atoms with van der Waals surface area (Å²) in [5, 5.41) is 25.6. The number of amides is 1. The molecule has 3 aromatic rings. The fourth-order valence-corrected chi connectivity index (χ4v) is 3.95. The number of carbonyl (C=O) groups is 1. The van der Waals surface area contributed by atoms with Crippen LogP contribution in [0.3, 0.4) is 0 Å². The lowest BCUT2D eigenvalue weighted by molar-refractivity contribution is 0.0500. The highest BCUT2D eigenvalue weighted by atomic mass is 16.6. The van der Waals surface area contributed by atoms with Gasteiger partial charge >= 0.3 is 6.09 Å². The molecule has 0 aliphatic heterocycles. The van der Waals surface area contributed by atoms with Crippen LogP contribution in [0.25, 0.3) is 22.3 Å². The Labute approximate surface area is 218 Å². The summed E-state index contributed by atoms with van der Waals surface area (Å²) in [5.74, 6) is 0.430. The number of hydrogen-bond acceptors (Lipinski definition) is 7. The highest BCUT2D eigenvalue weighted by Gasteiger charge is 2.17. The Kier molecular flexibility index (Phi) is 9.88. The fraction of sp³-hybridized carbons (Fsp3) is 0.379. The molecule has 3 rings (SSSR count). The first-order chi connectivity index (χ1) is 17.7. The highest BCUT2D eigenvalue weighted by molar-refractivity contribution is 5.79. The van der Waals surface area contributed by atoms with E-state index in [1.54, 1.807) is 24.3 Å². The molecule has 1 amide bonds. The van der Waals surface area contributed by atoms with Crippen molar-refractivity contribution in [3.63, 3.8) is 0 Å². The van der Waals surface area contributed by atoms with Gasteiger partial charge in [0.15, 0.2) is 0 Å². The van der Waals surface area contributed by atoms with Crippen molar-refractivity contribution in [3.8, 4) is 33.8 Å². The number of nitrogens with one attached hydrogen (secondary N) is 2. The molecule has 2 aromatic carbocycles. The molecule has 4 N–H and O–H groups in total. The Bertz CT molecular complexity index is 1160. The van der Waals surface area contributed by atoms with Crippen molar-refractivity contribution in [1.29, 1.82) is 0 Å². The third-order valence-electron chi connectivity index (χ3n) is 5.58. The molecule has 0 aliphatic rings. The lowest BCUT2D eigenvalue weighted by Gasteiger charge is -2.19. The van der Waals surface area contributed by atoms with Crippen LogP contribution in [-0.4, -0.2) is 53.2 Å². The number of carbonyl (C=O) groups excluding carboxylic acids is 1. The van der Waals surface area contributed by atoms with Gasteiger partial charge in [-0.25, -0.2) is 4.79 Å². The van der Waals surface area contributed by atoms with Gasteiger partial charge in [-0.1, -0.05) is 31.2 Å². The number of nitrogens with zero attached hydrogens (tertiary/aromatic N) is 1. The van der Waals surface area contributed by atoms with Gasteiger partial charge in [0.1, 0.15) is 17.1 Å². The van der Waals surface area contributed by atoms with Crippen molar-refractivity contribution >= 4 is 6.09 Å². The third-order valence-corrected chi connectivity index (χ3v) is 5.58. The summed E-state index contributed by atoms with van der Waals surface area (Å²) in [4.78, 5) is 16.5. The monoisotopic (exact) mass is 507 g/mol. The smallest absolute Gasteiger partial charge is 0.407 e. The molecule has 37 heavy (non-hydrogen) atoms. The van der Waals surface area contributed by atoms with Crippen LogP contribution >= 0.6 is 0 Å². The van der Waals surface area contributed by atoms with Gasteiger partial charge in [-0.3, -0.25) is 4.98 Å². The first-order valence-electron chi connectivity index (χ1n) is 12.5. The van der Waals surface area contributed by atoms with Gasteiger partial charge in [0.2, 0.25) is 0 Å². The van der Waals surface area contributed by atoms with Crippen LogP contribution in [0.2, 0.25) is 0 Å². The van der Waals surface area contributed by atoms with Gasteiger partial charge in [0.05, 0.1) is 18.9 Å². The molecule has 0 fully saturated rings. The molecule has 8 nitrogen and oxygen atoms in total. The Hall–Kier alpha value is -3.62. The molecular weight excluding hydrogens is 470 g/mol. The van der Waals surface area contributed by atoms with Crippen LogP contribution in [0.5, 0.6) is 11.5 Å². The number of aromatic hydroxyl groups is 2. The standard InChI is InChI=1S/C29H37N3O5/c1-5-24-25(20-6-10-22(33)11-7-20)18-32-26(27(24)21-8-12-23(34)13-9-21)19-30-14-16-36-17-15-31-28(35)37-29(2,3)4/h6-13,18,30,33-34H,5,14-17,19H2,1-4H3,(H,31,35). The fourth-order valence-electron chi connectivity index (χ4n) is 3.95. The molecule has 0 aliphatic carbocycles. The van der Waals surface area contributed by atoms with Gasteiger partial charge in [0.25, 0.3) is 0 Å². The van der Waals surface area contributed by atoms with Crippen molar-refractivity contribution in [2.75, 3.05) is 26.3 Å². The number of phenols is 2. The van der Waals surface area contributed by atoms with E-state index in [2.05, 4.69) is 17.6 Å². The van der Waals surface area contributed by atoms with E-state index in [9.17, 15) is 15.0 Å². The van der Waals surface area contributed by atoms with Gasteiger partial charge in [-0.2, -0.15) is 0 Å². The normalized spacial score (nSPS) is 11.4. The van der Waals surface area contributed by atoms with Crippen molar-refractivity contribution in [3.05, 3.63) is 66.0 Å². The molecule has 0 saturated carbocycles. The average molecular weight is 508 g/mol. The average Bonchev–Trinajstić information content (AvgIpc) is 2.85. The van der Waals surface area contributed by atoms with Gasteiger partial charge < -0.3 is 30.3 Å². The number of alkyl carbamates (subject to hydrolysis) is 1. The SMILES string of the molecule is CCc1c(-c2ccc(O)cc2)cnc(CNCCOCCNC(=O)OC(C)(C)C)c1-c1ccc(O)cc1. The topological polar surface area (TPSA) is 113 Å². The summed E-state index contributed by atoms with van der Waals surface area (Å²) in [7, 11) is 0. The maximum absolute atomic E-state index is 11.7. The number of phenolic OH excluding ortho intramolecular Hbond substituents is 2. The summed E-state index contributed by atoms with van der Waals surface area (Å²) in [6, 6.07) is 14.3. The van der Waals surface area contributed by atoms with E-state index in [0.29, 0.717) is 32.8 Å². The number of benzene rings is 2. The lowest BCUT2D eigenvalue weighted by Crippen LogP contribution is -2.34. The van der Waals surface area contributed by atoms with E-state index in [0.717, 1.165) is 39.9 Å². The molecule has 1 aromatic heterocycles. The Balaban J connectivity index is 1.64. The van der Waals surface area contributed by atoms with Crippen molar-refractivity contribution in [1.82, 2.24) is 15.6 Å². The van der Waals surface area contributed by atoms with E-state index in [1.165, 1.54) is 0 Å². The minimum Gasteiger partial charge on any atom is -0.508 e. The van der Waals surface area contributed by atoms with E-state index < -0.39 is 11.7 Å². The summed E-state index contributed by atoms with van der Waals surface area (Å²) in [6.45, 7) is 9.97. The van der Waals surface area contributed by atoms with E-state index >= 15 is 0 Å². The summed E-state index contributed by atoms with van der Waals surface area (Å²) >= 11 is 0. The minimum absolute atomic E-state index is 0.211. The quantitative estimate of drug-likeness (QED) is 0.270. The number of hydrogen-bond donors (Lipinski definition) is 4. The first kappa shape index (κ1) is 28.0. The number of pyridine rings is 1. The number of ether oxygens (including phenoxy) is 2. The maximum atomic E-state index is 11.7. The van der Waals surface area contributed by atoms with Crippen molar-refractivity contribution in [2.24, 2.45) is 0 Å². The second-order valence-corrected chi connectivity index (χ2v) is 9.64. The largest absolute Gasteiger partial charge is 0.508 e. The molecule has 8 heteroatoms. The summed E-state index contributed by atoms with van der Waals surface area (Å²) in [6.07, 6.45) is 2.21. The van der Waals surface area contributed by atoms with Gasteiger partial charge in [-0.05, 0) is 68.1 Å². The van der Waals surface area contributed by atoms with Gasteiger partial charge in [-0.15, -0.1) is 0 Å². The van der Waals surface area contributed by atoms with Crippen LogP contribution in [0, 0.1) is 0 Å². The van der Waals surface area contributed by atoms with E-state index in [-0.39, 0.29) is 11.5 Å². The molecule has 0 atom stereocenters. The van der Waals surface area contributed by atoms with Crippen molar-refractivity contribution in [2.45, 2.75) is 46.3 Å². The van der Waals surface area contributed by atoms with Crippen LogP contribution in [0.4, 0.5) is 4.79 Å². The molecule has 1 heterocycles.